The van der Waals surface area contributed by atoms with Crippen LogP contribution < -0.4 is 35.2 Å². The van der Waals surface area contributed by atoms with Crippen LogP contribution in [-0.2, 0) is 24.8 Å². The summed E-state index contributed by atoms with van der Waals surface area (Å²) < 4.78 is 74.5. The normalized spacial score (nSPS) is 14.2. The van der Waals surface area contributed by atoms with E-state index in [4.69, 9.17) is 14.2 Å². The maximum Gasteiger partial charge on any atom is 0.410 e. The molecule has 1 amide bonds. The monoisotopic (exact) mass is 1130 g/mol. The van der Waals surface area contributed by atoms with Crippen LogP contribution in [-0.4, -0.2) is 128 Å². The SMILES string of the molecule is COc1cc(N2CCN(C(=O)OC(C)(C)C)CC2)ccc1Nc1cc2c(ccn2S(=O)(=O)c2cccc3cccnc23)cn1.COc1cc(N2CCNCC2)ccc1Nc1cc2c(ccn2S(=O)(=O)c2cccc3cccnc23)cn1. The molecule has 0 aliphatic carbocycles. The Kier molecular flexibility index (Phi) is 14.8. The number of hydrogen-bond donors (Lipinski definition) is 3. The van der Waals surface area contributed by atoms with Crippen molar-refractivity contribution in [1.29, 1.82) is 0 Å². The van der Waals surface area contributed by atoms with Gasteiger partial charge in [0.15, 0.2) is 0 Å². The summed E-state index contributed by atoms with van der Waals surface area (Å²) in [5.41, 5.74) is 4.79. The number of para-hydroxylation sites is 2. The highest BCUT2D eigenvalue weighted by Gasteiger charge is 2.28. The van der Waals surface area contributed by atoms with Gasteiger partial charge in [-0.1, -0.05) is 36.4 Å². The predicted octanol–water partition coefficient (Wildman–Crippen LogP) is 9.61. The Morgan fingerprint density at radius 1 is 0.543 bits per heavy atom. The van der Waals surface area contributed by atoms with E-state index in [1.54, 1.807) is 111 Å². The Labute approximate surface area is 469 Å². The smallest absolute Gasteiger partial charge is 0.410 e. The molecule has 0 atom stereocenters. The molecular weight excluding hydrogens is 1070 g/mol. The molecule has 0 spiro atoms. The minimum atomic E-state index is -3.95. The molecule has 0 unspecified atom stereocenters. The van der Waals surface area contributed by atoms with Crippen LogP contribution in [0, 0.1) is 0 Å². The fraction of sp³-hybridized carbons (Fsp3) is 0.237. The molecule has 0 saturated carbocycles. The lowest BCUT2D eigenvalue weighted by Gasteiger charge is -2.37. The number of piperazine rings is 2. The standard InChI is InChI=1S/C32H34N6O5S.C27H26N6O3S/c1-32(2,3)43-31(39)37-17-15-36(16-18-37)24-10-11-25(27(19-24)42-4)35-29-20-26-23(21-34-29)12-14-38(26)44(40,41)28-9-5-7-22-8-6-13-33-30(22)28;1-36-24-16-21(32-14-11-28-12-15-32)7-8-22(24)31-26-17-23-20(18-30-26)9-13-33(23)37(34,35)25-6-2-4-19-5-3-10-29-27(19)25/h5-14,19-21H,15-18H2,1-4H3,(H,34,35);2-10,13,16-18,28H,11-12,14-15H2,1H3,(H,30,31). The summed E-state index contributed by atoms with van der Waals surface area (Å²) in [7, 11) is -4.63. The van der Waals surface area contributed by atoms with E-state index in [1.165, 1.54) is 14.1 Å². The number of pyridine rings is 4. The lowest BCUT2D eigenvalue weighted by Crippen LogP contribution is -2.50. The van der Waals surface area contributed by atoms with Gasteiger partial charge in [0.25, 0.3) is 20.0 Å². The van der Waals surface area contributed by atoms with E-state index in [-0.39, 0.29) is 15.9 Å². The summed E-state index contributed by atoms with van der Waals surface area (Å²) in [5, 5.41) is 12.8. The highest BCUT2D eigenvalue weighted by molar-refractivity contribution is 7.90. The van der Waals surface area contributed by atoms with Gasteiger partial charge in [-0.15, -0.1) is 0 Å². The number of carbonyl (C=O) groups is 1. The summed E-state index contributed by atoms with van der Waals surface area (Å²) in [5.74, 6) is 2.25. The van der Waals surface area contributed by atoms with Crippen LogP contribution in [0.5, 0.6) is 11.5 Å². The van der Waals surface area contributed by atoms with Crippen LogP contribution in [0.2, 0.25) is 0 Å². The average Bonchev–Trinajstić information content (AvgIpc) is 4.15. The van der Waals surface area contributed by atoms with Gasteiger partial charge in [0.05, 0.1) is 47.7 Å². The topological polar surface area (TPSA) is 220 Å². The first kappa shape index (κ1) is 54.0. The summed E-state index contributed by atoms with van der Waals surface area (Å²) in [4.78, 5) is 36.6. The molecule has 0 radical (unpaired) electrons. The van der Waals surface area contributed by atoms with Gasteiger partial charge in [0.1, 0.15) is 38.5 Å². The zero-order valence-corrected chi connectivity index (χ0v) is 46.9. The van der Waals surface area contributed by atoms with E-state index in [1.807, 2.05) is 75.4 Å². The third-order valence-corrected chi connectivity index (χ3v) is 17.5. The number of methoxy groups -OCH3 is 2. The Bertz CT molecular complexity index is 4200. The maximum absolute atomic E-state index is 13.8. The Hall–Kier alpha value is -8.99. The van der Waals surface area contributed by atoms with Crippen LogP contribution in [0.15, 0.2) is 168 Å². The molecule has 0 bridgehead atoms. The van der Waals surface area contributed by atoms with Gasteiger partial charge in [0, 0.05) is 147 Å². The fourth-order valence-electron chi connectivity index (χ4n) is 9.97. The van der Waals surface area contributed by atoms with Crippen LogP contribution >= 0.6 is 0 Å². The molecule has 10 aromatic rings. The molecule has 22 heteroatoms. The van der Waals surface area contributed by atoms with Crippen molar-refractivity contribution < 1.29 is 35.8 Å². The second-order valence-electron chi connectivity index (χ2n) is 20.4. The second-order valence-corrected chi connectivity index (χ2v) is 23.9. The molecule has 8 heterocycles. The van der Waals surface area contributed by atoms with Gasteiger partial charge in [-0.25, -0.2) is 39.5 Å². The van der Waals surface area contributed by atoms with E-state index >= 15 is 0 Å². The average molecular weight is 1130 g/mol. The van der Waals surface area contributed by atoms with Gasteiger partial charge < -0.3 is 44.9 Å². The summed E-state index contributed by atoms with van der Waals surface area (Å²) in [6, 6.07) is 36.3. The van der Waals surface area contributed by atoms with Crippen molar-refractivity contribution in [3.8, 4) is 11.5 Å². The third kappa shape index (κ3) is 11.2. The molecule has 12 rings (SSSR count). The molecular formula is C59H60N12O8S2. The van der Waals surface area contributed by atoms with Gasteiger partial charge >= 0.3 is 6.09 Å². The number of carbonyl (C=O) groups excluding carboxylic acids is 1. The van der Waals surface area contributed by atoms with Crippen molar-refractivity contribution >= 4 is 104 Å². The number of rotatable bonds is 12. The first-order valence-corrected chi connectivity index (χ1v) is 29.2. The van der Waals surface area contributed by atoms with E-state index in [9.17, 15) is 21.6 Å². The molecule has 4 aromatic carbocycles. The number of nitrogens with one attached hydrogen (secondary N) is 3. The molecule has 2 aliphatic heterocycles. The van der Waals surface area contributed by atoms with E-state index in [0.717, 1.165) is 54.0 Å². The highest BCUT2D eigenvalue weighted by Crippen LogP contribution is 2.36. The molecule has 3 N–H and O–H groups in total. The zero-order valence-electron chi connectivity index (χ0n) is 45.3. The number of aromatic nitrogens is 6. The summed E-state index contributed by atoms with van der Waals surface area (Å²) in [6.45, 7) is 11.8. The van der Waals surface area contributed by atoms with Crippen LogP contribution in [0.1, 0.15) is 20.8 Å². The van der Waals surface area contributed by atoms with Crippen LogP contribution in [0.4, 0.5) is 39.2 Å². The summed E-state index contributed by atoms with van der Waals surface area (Å²) >= 11 is 0. The Morgan fingerprint density at radius 3 is 1.46 bits per heavy atom. The largest absolute Gasteiger partial charge is 0.494 e. The summed E-state index contributed by atoms with van der Waals surface area (Å²) in [6.07, 6.45) is 9.27. The molecule has 6 aromatic heterocycles. The molecule has 81 heavy (non-hydrogen) atoms. The first-order chi connectivity index (χ1) is 39.1. The number of nitrogens with zero attached hydrogens (tertiary/aromatic N) is 9. The van der Waals surface area contributed by atoms with Gasteiger partial charge in [-0.05, 0) is 81.4 Å². The number of ether oxygens (including phenoxy) is 3. The maximum atomic E-state index is 13.8. The molecule has 2 saturated heterocycles. The number of benzene rings is 4. The lowest BCUT2D eigenvalue weighted by molar-refractivity contribution is 0.0240. The molecule has 2 aliphatic rings. The first-order valence-electron chi connectivity index (χ1n) is 26.3. The second kappa shape index (κ2) is 22.3. The third-order valence-electron chi connectivity index (χ3n) is 14.0. The van der Waals surface area contributed by atoms with Crippen molar-refractivity contribution in [3.63, 3.8) is 0 Å². The highest BCUT2D eigenvalue weighted by atomic mass is 32.2. The van der Waals surface area contributed by atoms with Crippen molar-refractivity contribution in [2.24, 2.45) is 0 Å². The van der Waals surface area contributed by atoms with E-state index in [0.29, 0.717) is 87.8 Å². The van der Waals surface area contributed by atoms with Gasteiger partial charge in [-0.2, -0.15) is 0 Å². The number of anilines is 6. The predicted molar refractivity (Wildman–Crippen MR) is 316 cm³/mol. The Morgan fingerprint density at radius 2 is 1.00 bits per heavy atom. The minimum absolute atomic E-state index is 0.128. The lowest BCUT2D eigenvalue weighted by atomic mass is 10.2. The van der Waals surface area contributed by atoms with E-state index in [2.05, 4.69) is 51.8 Å². The van der Waals surface area contributed by atoms with Crippen LogP contribution in [0.25, 0.3) is 43.6 Å². The number of fused-ring (bicyclic) bond motifs is 4. The molecule has 416 valence electrons. The Balaban J connectivity index is 0.000000173. The van der Waals surface area contributed by atoms with Crippen molar-refractivity contribution in [2.45, 2.75) is 36.2 Å². The quantitative estimate of drug-likeness (QED) is 0.104. The van der Waals surface area contributed by atoms with Crippen molar-refractivity contribution in [1.82, 2.24) is 38.1 Å². The van der Waals surface area contributed by atoms with Gasteiger partial charge in [0.2, 0.25) is 0 Å². The fourth-order valence-corrected chi connectivity index (χ4v) is 13.0. The van der Waals surface area contributed by atoms with Gasteiger partial charge in [-0.3, -0.25) is 9.97 Å². The number of amides is 1. The zero-order chi connectivity index (χ0) is 56.5. The minimum Gasteiger partial charge on any atom is -0.494 e. The number of hydrogen-bond acceptors (Lipinski definition) is 17. The van der Waals surface area contributed by atoms with E-state index < -0.39 is 25.6 Å². The van der Waals surface area contributed by atoms with Crippen molar-refractivity contribution in [3.05, 3.63) is 159 Å². The van der Waals surface area contributed by atoms with Crippen molar-refractivity contribution in [2.75, 3.05) is 87.0 Å². The van der Waals surface area contributed by atoms with Crippen LogP contribution in [0.3, 0.4) is 0 Å². The molecule has 2 fully saturated rings. The molecule has 20 nitrogen and oxygen atoms in total.